The number of aromatic nitrogens is 3. The minimum absolute atomic E-state index is 0.194. The van der Waals surface area contributed by atoms with Gasteiger partial charge < -0.3 is 10.1 Å². The van der Waals surface area contributed by atoms with E-state index in [0.717, 1.165) is 24.1 Å². The lowest BCUT2D eigenvalue weighted by atomic mass is 9.90. The van der Waals surface area contributed by atoms with Gasteiger partial charge in [0.05, 0.1) is 17.3 Å². The molecule has 1 fully saturated rings. The predicted molar refractivity (Wildman–Crippen MR) is 102 cm³/mol. The fraction of sp³-hybridized carbons (Fsp3) is 0.550. The Morgan fingerprint density at radius 1 is 1.23 bits per heavy atom. The molecule has 4 heterocycles. The van der Waals surface area contributed by atoms with Crippen molar-refractivity contribution < 1.29 is 27.1 Å². The minimum atomic E-state index is -4.81. The molecular weight excluding hydrogens is 418 g/mol. The van der Waals surface area contributed by atoms with E-state index in [1.165, 1.54) is 12.3 Å². The van der Waals surface area contributed by atoms with E-state index in [-0.39, 0.29) is 23.5 Å². The first kappa shape index (κ1) is 20.2. The monoisotopic (exact) mass is 439 g/mol. The Balaban J connectivity index is 1.68. The van der Waals surface area contributed by atoms with Crippen LogP contribution >= 0.6 is 0 Å². The molecule has 0 bridgehead atoms. The molecule has 0 unspecified atom stereocenters. The molecule has 2 aromatic rings. The highest BCUT2D eigenvalue weighted by atomic mass is 19.4. The first-order chi connectivity index (χ1) is 14.8. The zero-order chi connectivity index (χ0) is 21.8. The normalized spacial score (nSPS) is 25.9. The van der Waals surface area contributed by atoms with E-state index in [0.29, 0.717) is 31.5 Å². The van der Waals surface area contributed by atoms with Gasteiger partial charge in [-0.2, -0.15) is 18.3 Å². The fourth-order valence-electron chi connectivity index (χ4n) is 4.77. The van der Waals surface area contributed by atoms with Crippen LogP contribution in [0.1, 0.15) is 48.2 Å². The van der Waals surface area contributed by atoms with Gasteiger partial charge in [-0.3, -0.25) is 10.00 Å². The summed E-state index contributed by atoms with van der Waals surface area (Å²) in [5.74, 6) is -0.194. The molecule has 0 aromatic carbocycles. The van der Waals surface area contributed by atoms with Gasteiger partial charge in [-0.15, -0.1) is 0 Å². The van der Waals surface area contributed by atoms with Crippen LogP contribution in [0.5, 0.6) is 0 Å². The number of nitrogens with one attached hydrogen (secondary N) is 2. The second-order valence-corrected chi connectivity index (χ2v) is 8.07. The van der Waals surface area contributed by atoms with Crippen LogP contribution in [0, 0.1) is 0 Å². The largest absolute Gasteiger partial charge is 0.431 e. The highest BCUT2D eigenvalue weighted by molar-refractivity contribution is 5.89. The van der Waals surface area contributed by atoms with Crippen LogP contribution < -0.4 is 10.6 Å². The second kappa shape index (κ2) is 7.47. The molecule has 3 atom stereocenters. The highest BCUT2D eigenvalue weighted by Crippen LogP contribution is 2.46. The molecule has 31 heavy (non-hydrogen) atoms. The smallest absolute Gasteiger partial charge is 0.430 e. The Kier molecular flexibility index (Phi) is 4.87. The highest BCUT2D eigenvalue weighted by Gasteiger charge is 2.49. The number of hydrogen-bond acceptors (Lipinski definition) is 5. The number of pyridine rings is 1. The summed E-state index contributed by atoms with van der Waals surface area (Å²) in [7, 11) is 0. The average molecular weight is 439 g/mol. The molecule has 2 N–H and O–H groups in total. The molecule has 166 valence electrons. The van der Waals surface area contributed by atoms with E-state index in [1.54, 1.807) is 4.68 Å². The summed E-state index contributed by atoms with van der Waals surface area (Å²) in [6.45, 7) is 0.866. The number of cyclic esters (lactones) is 1. The molecule has 1 saturated heterocycles. The maximum atomic E-state index is 14.7. The fourth-order valence-corrected chi connectivity index (χ4v) is 4.77. The van der Waals surface area contributed by atoms with Crippen molar-refractivity contribution in [1.29, 1.82) is 0 Å². The molecule has 0 radical (unpaired) electrons. The van der Waals surface area contributed by atoms with E-state index in [4.69, 9.17) is 0 Å². The number of alkyl halides is 4. The third-order valence-electron chi connectivity index (χ3n) is 6.15. The number of carbonyl (C=O) groups excluding carboxylic acids is 1. The Bertz CT molecular complexity index is 1020. The SMILES string of the molecule is O=C1Nc2nccc(-c3nn([C@H]4CCNC[C@H]4F)c4c3CCCC4)c2[C@H](C(F)(F)F)O1. The maximum absolute atomic E-state index is 14.7. The lowest BCUT2D eigenvalue weighted by molar-refractivity contribution is -0.206. The quantitative estimate of drug-likeness (QED) is 0.695. The number of halogens is 4. The lowest BCUT2D eigenvalue weighted by Crippen LogP contribution is -2.40. The van der Waals surface area contributed by atoms with Gasteiger partial charge in [0.1, 0.15) is 12.0 Å². The molecule has 2 aliphatic heterocycles. The number of nitrogens with zero attached hydrogens (tertiary/aromatic N) is 3. The minimum Gasteiger partial charge on any atom is -0.431 e. The molecule has 2 aromatic heterocycles. The van der Waals surface area contributed by atoms with Crippen molar-refractivity contribution >= 4 is 11.9 Å². The first-order valence-corrected chi connectivity index (χ1v) is 10.3. The zero-order valence-electron chi connectivity index (χ0n) is 16.5. The zero-order valence-corrected chi connectivity index (χ0v) is 16.5. The predicted octanol–water partition coefficient (Wildman–Crippen LogP) is 3.86. The Morgan fingerprint density at radius 3 is 2.81 bits per heavy atom. The number of hydrogen-bond donors (Lipinski definition) is 2. The van der Waals surface area contributed by atoms with E-state index in [1.807, 2.05) is 0 Å². The molecule has 0 spiro atoms. The van der Waals surface area contributed by atoms with Crippen LogP contribution in [-0.2, 0) is 17.6 Å². The molecule has 1 aliphatic carbocycles. The topological polar surface area (TPSA) is 81.1 Å². The van der Waals surface area contributed by atoms with Gasteiger partial charge in [-0.05, 0) is 44.7 Å². The number of fused-ring (bicyclic) bond motifs is 2. The van der Waals surface area contributed by atoms with Gasteiger partial charge in [0.15, 0.2) is 0 Å². The summed E-state index contributed by atoms with van der Waals surface area (Å²) in [4.78, 5) is 15.6. The van der Waals surface area contributed by atoms with Crippen LogP contribution in [0.25, 0.3) is 11.3 Å². The number of carbonyl (C=O) groups is 1. The number of anilines is 1. The van der Waals surface area contributed by atoms with Crippen molar-refractivity contribution in [2.45, 2.75) is 56.6 Å². The summed E-state index contributed by atoms with van der Waals surface area (Å²) in [5, 5.41) is 9.93. The van der Waals surface area contributed by atoms with Crippen molar-refractivity contribution in [1.82, 2.24) is 20.1 Å². The van der Waals surface area contributed by atoms with Crippen molar-refractivity contribution in [2.75, 3.05) is 18.4 Å². The first-order valence-electron chi connectivity index (χ1n) is 10.3. The van der Waals surface area contributed by atoms with Gasteiger partial charge in [0, 0.05) is 29.6 Å². The maximum Gasteiger partial charge on any atom is 0.430 e. The van der Waals surface area contributed by atoms with Crippen LogP contribution in [0.3, 0.4) is 0 Å². The molecule has 1 amide bonds. The van der Waals surface area contributed by atoms with Gasteiger partial charge in [0.2, 0.25) is 6.10 Å². The summed E-state index contributed by atoms with van der Waals surface area (Å²) < 4.78 is 62.3. The lowest BCUT2D eigenvalue weighted by Gasteiger charge is -2.29. The third kappa shape index (κ3) is 3.44. The van der Waals surface area contributed by atoms with Gasteiger partial charge >= 0.3 is 12.3 Å². The van der Waals surface area contributed by atoms with E-state index >= 15 is 0 Å². The summed E-state index contributed by atoms with van der Waals surface area (Å²) in [6.07, 6.45) is -4.58. The summed E-state index contributed by atoms with van der Waals surface area (Å²) >= 11 is 0. The van der Waals surface area contributed by atoms with Crippen molar-refractivity contribution in [3.05, 3.63) is 29.1 Å². The van der Waals surface area contributed by atoms with Crippen LogP contribution in [0.4, 0.5) is 28.2 Å². The molecule has 7 nitrogen and oxygen atoms in total. The number of piperidine rings is 1. The Hall–Kier alpha value is -2.69. The van der Waals surface area contributed by atoms with Crippen LogP contribution in [0.2, 0.25) is 0 Å². The molecule has 3 aliphatic rings. The van der Waals surface area contributed by atoms with Gasteiger partial charge in [0.25, 0.3) is 0 Å². The van der Waals surface area contributed by atoms with Crippen molar-refractivity contribution in [3.8, 4) is 11.3 Å². The molecule has 0 saturated carbocycles. The third-order valence-corrected chi connectivity index (χ3v) is 6.15. The van der Waals surface area contributed by atoms with E-state index < -0.39 is 30.6 Å². The number of rotatable bonds is 2. The number of ether oxygens (including phenoxy) is 1. The van der Waals surface area contributed by atoms with Crippen LogP contribution in [0.15, 0.2) is 12.3 Å². The van der Waals surface area contributed by atoms with Crippen LogP contribution in [-0.4, -0.2) is 46.3 Å². The summed E-state index contributed by atoms with van der Waals surface area (Å²) in [5.41, 5.74) is 2.03. The second-order valence-electron chi connectivity index (χ2n) is 8.07. The van der Waals surface area contributed by atoms with E-state index in [9.17, 15) is 22.4 Å². The van der Waals surface area contributed by atoms with E-state index in [2.05, 4.69) is 25.5 Å². The van der Waals surface area contributed by atoms with Gasteiger partial charge in [-0.1, -0.05) is 0 Å². The molecular formula is C20H21F4N5O2. The Morgan fingerprint density at radius 2 is 2.03 bits per heavy atom. The molecule has 11 heteroatoms. The van der Waals surface area contributed by atoms with Gasteiger partial charge in [-0.25, -0.2) is 14.2 Å². The van der Waals surface area contributed by atoms with Crippen molar-refractivity contribution in [3.63, 3.8) is 0 Å². The summed E-state index contributed by atoms with van der Waals surface area (Å²) in [6, 6.07) is 0.990. The van der Waals surface area contributed by atoms with Crippen molar-refractivity contribution in [2.24, 2.45) is 0 Å². The molecule has 5 rings (SSSR count). The Labute approximate surface area is 175 Å². The number of amides is 1. The average Bonchev–Trinajstić information content (AvgIpc) is 3.11. The standard InChI is InChI=1S/C20H21F4N5O2/c21-12-9-25-7-6-14(12)29-13-4-2-1-3-10(13)16(28-29)11-5-8-26-18-15(11)17(20(22,23)24)31-19(30)27-18/h5,8,12,14,17,25H,1-4,6-7,9H2,(H,26,27,30)/t12-,14+,17-/m1/s1.